The molecule has 0 aliphatic carbocycles. The molecule has 0 spiro atoms. The average Bonchev–Trinajstić information content (AvgIpc) is 2.18. The molecule has 1 unspecified atom stereocenters. The molecule has 82 valence electrons. The maximum Gasteiger partial charge on any atom is 0.313 e. The van der Waals surface area contributed by atoms with Crippen molar-refractivity contribution in [3.8, 4) is 0 Å². The number of ether oxygens (including phenoxy) is 1. The third-order valence-electron chi connectivity index (χ3n) is 2.40. The molecule has 14 heavy (non-hydrogen) atoms. The zero-order valence-electron chi connectivity index (χ0n) is 9.34. The van der Waals surface area contributed by atoms with Gasteiger partial charge in [-0.3, -0.25) is 9.59 Å². The van der Waals surface area contributed by atoms with Gasteiger partial charge in [0, 0.05) is 5.92 Å². The third-order valence-corrected chi connectivity index (χ3v) is 2.40. The van der Waals surface area contributed by atoms with Gasteiger partial charge in [0.2, 0.25) is 0 Å². The van der Waals surface area contributed by atoms with Gasteiger partial charge in [0.25, 0.3) is 0 Å². The van der Waals surface area contributed by atoms with Crippen LogP contribution in [0.15, 0.2) is 0 Å². The van der Waals surface area contributed by atoms with Crippen molar-refractivity contribution >= 4 is 11.8 Å². The summed E-state index contributed by atoms with van der Waals surface area (Å²) >= 11 is 0. The Morgan fingerprint density at radius 2 is 1.93 bits per heavy atom. The van der Waals surface area contributed by atoms with E-state index < -0.39 is 5.97 Å². The molecule has 0 N–H and O–H groups in total. The van der Waals surface area contributed by atoms with Crippen LogP contribution in [0.3, 0.4) is 0 Å². The molecule has 3 heteroatoms. The lowest BCUT2D eigenvalue weighted by atomic mass is 9.93. The number of ketones is 1. The normalized spacial score (nSPS) is 12.2. The van der Waals surface area contributed by atoms with Gasteiger partial charge >= 0.3 is 5.97 Å². The number of carbonyl (C=O) groups excluding carboxylic acids is 2. The van der Waals surface area contributed by atoms with E-state index in [0.29, 0.717) is 0 Å². The highest BCUT2D eigenvalue weighted by atomic mass is 16.5. The Labute approximate surface area is 85.8 Å². The van der Waals surface area contributed by atoms with Gasteiger partial charge in [-0.25, -0.2) is 0 Å². The van der Waals surface area contributed by atoms with E-state index in [-0.39, 0.29) is 18.1 Å². The van der Waals surface area contributed by atoms with Crippen LogP contribution in [0.5, 0.6) is 0 Å². The van der Waals surface area contributed by atoms with Crippen molar-refractivity contribution in [2.24, 2.45) is 5.92 Å². The highest BCUT2D eigenvalue weighted by Crippen LogP contribution is 2.15. The molecule has 3 nitrogen and oxygen atoms in total. The molecule has 0 aromatic carbocycles. The van der Waals surface area contributed by atoms with Crippen molar-refractivity contribution in [3.63, 3.8) is 0 Å². The minimum absolute atomic E-state index is 0.0211. The van der Waals surface area contributed by atoms with E-state index in [9.17, 15) is 9.59 Å². The summed E-state index contributed by atoms with van der Waals surface area (Å²) in [4.78, 5) is 22.4. The summed E-state index contributed by atoms with van der Waals surface area (Å²) in [6.07, 6.45) is 3.77. The Morgan fingerprint density at radius 1 is 1.29 bits per heavy atom. The van der Waals surface area contributed by atoms with Gasteiger partial charge in [-0.05, 0) is 12.8 Å². The molecule has 1 atom stereocenters. The van der Waals surface area contributed by atoms with Crippen molar-refractivity contribution in [2.75, 3.05) is 7.11 Å². The summed E-state index contributed by atoms with van der Waals surface area (Å²) in [5.74, 6) is -0.369. The molecule has 0 aliphatic rings. The summed E-state index contributed by atoms with van der Waals surface area (Å²) in [7, 11) is 1.31. The van der Waals surface area contributed by atoms with Crippen LogP contribution >= 0.6 is 0 Å². The Kier molecular flexibility index (Phi) is 7.07. The number of methoxy groups -OCH3 is 1. The van der Waals surface area contributed by atoms with Crippen molar-refractivity contribution in [2.45, 2.75) is 46.0 Å². The molecule has 0 heterocycles. The minimum Gasteiger partial charge on any atom is -0.469 e. The van der Waals surface area contributed by atoms with Crippen molar-refractivity contribution < 1.29 is 14.3 Å². The molecular formula is C11H20O3. The summed E-state index contributed by atoms with van der Waals surface area (Å²) in [6, 6.07) is 0. The fourth-order valence-electron chi connectivity index (χ4n) is 1.40. The van der Waals surface area contributed by atoms with Crippen LogP contribution in [0.4, 0.5) is 0 Å². The highest BCUT2D eigenvalue weighted by molar-refractivity contribution is 5.96. The van der Waals surface area contributed by atoms with E-state index >= 15 is 0 Å². The van der Waals surface area contributed by atoms with Gasteiger partial charge in [0.05, 0.1) is 7.11 Å². The Morgan fingerprint density at radius 3 is 2.36 bits per heavy atom. The second-order valence-corrected chi connectivity index (χ2v) is 3.47. The summed E-state index contributed by atoms with van der Waals surface area (Å²) in [6.45, 7) is 4.08. The van der Waals surface area contributed by atoms with Crippen LogP contribution in [0.25, 0.3) is 0 Å². The second kappa shape index (κ2) is 7.54. The zero-order valence-corrected chi connectivity index (χ0v) is 9.34. The predicted molar refractivity (Wildman–Crippen MR) is 54.9 cm³/mol. The van der Waals surface area contributed by atoms with Crippen molar-refractivity contribution in [3.05, 3.63) is 0 Å². The minimum atomic E-state index is -0.426. The molecule has 0 amide bonds. The average molecular weight is 200 g/mol. The van der Waals surface area contributed by atoms with E-state index in [1.165, 1.54) is 7.11 Å². The zero-order chi connectivity index (χ0) is 11.0. The lowest BCUT2D eigenvalue weighted by Gasteiger charge is -2.11. The van der Waals surface area contributed by atoms with Crippen molar-refractivity contribution in [1.82, 2.24) is 0 Å². The Balaban J connectivity index is 3.97. The number of Topliss-reactive ketones (excluding diaryl/α,β-unsaturated/α-hetero) is 1. The largest absolute Gasteiger partial charge is 0.469 e. The number of esters is 1. The molecule has 0 aromatic heterocycles. The van der Waals surface area contributed by atoms with Gasteiger partial charge in [0.15, 0.2) is 0 Å². The first-order valence-corrected chi connectivity index (χ1v) is 5.25. The smallest absolute Gasteiger partial charge is 0.313 e. The molecule has 0 saturated carbocycles. The lowest BCUT2D eigenvalue weighted by Crippen LogP contribution is -2.18. The van der Waals surface area contributed by atoms with Gasteiger partial charge in [-0.2, -0.15) is 0 Å². The Bertz CT molecular complexity index is 187. The van der Waals surface area contributed by atoms with Crippen LogP contribution < -0.4 is 0 Å². The Hall–Kier alpha value is -0.860. The fraction of sp³-hybridized carbons (Fsp3) is 0.818. The number of carbonyl (C=O) groups is 2. The number of hydrogen-bond donors (Lipinski definition) is 0. The molecule has 0 bridgehead atoms. The second-order valence-electron chi connectivity index (χ2n) is 3.47. The van der Waals surface area contributed by atoms with Gasteiger partial charge in [-0.1, -0.05) is 26.7 Å². The predicted octanol–water partition coefficient (Wildman–Crippen LogP) is 2.33. The van der Waals surface area contributed by atoms with Gasteiger partial charge < -0.3 is 4.74 Å². The molecule has 0 rings (SSSR count). The molecule has 0 aromatic rings. The van der Waals surface area contributed by atoms with Crippen LogP contribution in [0.1, 0.15) is 46.0 Å². The number of hydrogen-bond acceptors (Lipinski definition) is 3. The molecule has 0 saturated heterocycles. The maximum atomic E-state index is 11.5. The highest BCUT2D eigenvalue weighted by Gasteiger charge is 2.18. The molecular weight excluding hydrogens is 180 g/mol. The summed E-state index contributed by atoms with van der Waals surface area (Å²) in [5.41, 5.74) is 0. The van der Waals surface area contributed by atoms with Crippen LogP contribution in [-0.4, -0.2) is 18.9 Å². The summed E-state index contributed by atoms with van der Waals surface area (Å²) in [5, 5.41) is 0. The monoisotopic (exact) mass is 200 g/mol. The van der Waals surface area contributed by atoms with Crippen molar-refractivity contribution in [1.29, 1.82) is 0 Å². The first kappa shape index (κ1) is 13.1. The summed E-state index contributed by atoms with van der Waals surface area (Å²) < 4.78 is 4.46. The molecule has 0 fully saturated rings. The topological polar surface area (TPSA) is 43.4 Å². The van der Waals surface area contributed by atoms with Crippen LogP contribution in [0, 0.1) is 5.92 Å². The van der Waals surface area contributed by atoms with Gasteiger partial charge in [0.1, 0.15) is 12.2 Å². The molecule has 0 aliphatic heterocycles. The number of unbranched alkanes of at least 4 members (excludes halogenated alkanes) is 1. The first-order chi connectivity index (χ1) is 6.65. The maximum absolute atomic E-state index is 11.5. The van der Waals surface area contributed by atoms with E-state index in [4.69, 9.17) is 0 Å². The van der Waals surface area contributed by atoms with E-state index in [1.807, 2.05) is 6.92 Å². The fourth-order valence-corrected chi connectivity index (χ4v) is 1.40. The SMILES string of the molecule is CCCCC(CC)C(=O)CC(=O)OC. The van der Waals surface area contributed by atoms with E-state index in [0.717, 1.165) is 25.7 Å². The van der Waals surface area contributed by atoms with E-state index in [2.05, 4.69) is 11.7 Å². The van der Waals surface area contributed by atoms with Crippen LogP contribution in [0.2, 0.25) is 0 Å². The lowest BCUT2D eigenvalue weighted by molar-refractivity contribution is -0.144. The first-order valence-electron chi connectivity index (χ1n) is 5.25. The van der Waals surface area contributed by atoms with E-state index in [1.54, 1.807) is 0 Å². The number of rotatable bonds is 7. The standard InChI is InChI=1S/C11H20O3/c1-4-6-7-9(5-2)10(12)8-11(13)14-3/h9H,4-8H2,1-3H3. The van der Waals surface area contributed by atoms with Gasteiger partial charge in [-0.15, -0.1) is 0 Å². The quantitative estimate of drug-likeness (QED) is 0.468. The third kappa shape index (κ3) is 5.00. The van der Waals surface area contributed by atoms with Crippen LogP contribution in [-0.2, 0) is 14.3 Å². The molecule has 0 radical (unpaired) electrons.